The molecule has 0 aromatic carbocycles. The molecule has 80 valence electrons. The fraction of sp³-hybridized carbons (Fsp3) is 1.00. The standard InChI is InChI=1S/C10H16ClNO2/c11-10(12(13)14)7-3-5-8-4-1-2-6-9(8)10/h8-9H,1-7H2/t8-,9+,10-/m1/s1. The van der Waals surface area contributed by atoms with E-state index >= 15 is 0 Å². The molecule has 0 bridgehead atoms. The summed E-state index contributed by atoms with van der Waals surface area (Å²) >= 11 is 6.18. The number of alkyl halides is 1. The Kier molecular flexibility index (Phi) is 2.69. The van der Waals surface area contributed by atoms with Crippen LogP contribution in [0.25, 0.3) is 0 Å². The second kappa shape index (κ2) is 3.69. The van der Waals surface area contributed by atoms with Crippen LogP contribution < -0.4 is 0 Å². The first kappa shape index (κ1) is 10.2. The lowest BCUT2D eigenvalue weighted by molar-refractivity contribution is -0.559. The Bertz CT molecular complexity index is 244. The number of nitrogens with zero attached hydrogens (tertiary/aromatic N) is 1. The van der Waals surface area contributed by atoms with Crippen LogP contribution in [-0.2, 0) is 0 Å². The van der Waals surface area contributed by atoms with E-state index in [2.05, 4.69) is 0 Å². The number of fused-ring (bicyclic) bond motifs is 1. The second-order valence-corrected chi connectivity index (χ2v) is 5.27. The number of halogens is 1. The monoisotopic (exact) mass is 217 g/mol. The molecule has 0 N–H and O–H groups in total. The van der Waals surface area contributed by atoms with Gasteiger partial charge in [-0.15, -0.1) is 0 Å². The van der Waals surface area contributed by atoms with E-state index in [1.165, 1.54) is 6.42 Å². The van der Waals surface area contributed by atoms with Crippen LogP contribution in [0.4, 0.5) is 0 Å². The Morgan fingerprint density at radius 3 is 2.57 bits per heavy atom. The summed E-state index contributed by atoms with van der Waals surface area (Å²) in [6, 6.07) is 0. The number of rotatable bonds is 1. The molecule has 0 aliphatic heterocycles. The van der Waals surface area contributed by atoms with E-state index in [9.17, 15) is 10.1 Å². The maximum Gasteiger partial charge on any atom is 0.297 e. The van der Waals surface area contributed by atoms with Crippen molar-refractivity contribution in [1.29, 1.82) is 0 Å². The van der Waals surface area contributed by atoms with Crippen LogP contribution in [0.3, 0.4) is 0 Å². The Hall–Kier alpha value is -0.310. The van der Waals surface area contributed by atoms with Crippen LogP contribution in [0.2, 0.25) is 0 Å². The van der Waals surface area contributed by atoms with E-state index in [1.54, 1.807) is 0 Å². The van der Waals surface area contributed by atoms with E-state index in [4.69, 9.17) is 11.6 Å². The van der Waals surface area contributed by atoms with Crippen molar-refractivity contribution in [2.45, 2.75) is 49.9 Å². The molecule has 3 nitrogen and oxygen atoms in total. The van der Waals surface area contributed by atoms with Crippen molar-refractivity contribution >= 4 is 11.6 Å². The minimum Gasteiger partial charge on any atom is -0.263 e. The average Bonchev–Trinajstić information content (AvgIpc) is 2.18. The lowest BCUT2D eigenvalue weighted by Crippen LogP contribution is -2.47. The molecule has 0 radical (unpaired) electrons. The number of hydrogen-bond donors (Lipinski definition) is 0. The van der Waals surface area contributed by atoms with Crippen molar-refractivity contribution in [3.8, 4) is 0 Å². The predicted molar refractivity (Wildman–Crippen MR) is 54.9 cm³/mol. The van der Waals surface area contributed by atoms with Gasteiger partial charge in [-0.25, -0.2) is 0 Å². The maximum atomic E-state index is 11.0. The molecule has 0 aromatic heterocycles. The minimum absolute atomic E-state index is 0.127. The van der Waals surface area contributed by atoms with E-state index in [0.717, 1.165) is 32.1 Å². The van der Waals surface area contributed by atoms with E-state index in [0.29, 0.717) is 12.3 Å². The largest absolute Gasteiger partial charge is 0.297 e. The van der Waals surface area contributed by atoms with Crippen LogP contribution in [0.5, 0.6) is 0 Å². The van der Waals surface area contributed by atoms with Gasteiger partial charge in [-0.05, 0) is 43.2 Å². The van der Waals surface area contributed by atoms with Gasteiger partial charge in [-0.2, -0.15) is 0 Å². The quantitative estimate of drug-likeness (QED) is 0.293. The smallest absolute Gasteiger partial charge is 0.263 e. The van der Waals surface area contributed by atoms with Crippen molar-refractivity contribution in [2.24, 2.45) is 11.8 Å². The third-order valence-corrected chi connectivity index (χ3v) is 4.49. The molecule has 0 unspecified atom stereocenters. The highest BCUT2D eigenvalue weighted by molar-refractivity contribution is 6.22. The van der Waals surface area contributed by atoms with Crippen LogP contribution in [-0.4, -0.2) is 9.92 Å². The highest BCUT2D eigenvalue weighted by Crippen LogP contribution is 2.49. The lowest BCUT2D eigenvalue weighted by Gasteiger charge is -2.40. The molecule has 0 aromatic rings. The van der Waals surface area contributed by atoms with Crippen molar-refractivity contribution < 1.29 is 4.92 Å². The first-order valence-electron chi connectivity index (χ1n) is 5.48. The summed E-state index contributed by atoms with van der Waals surface area (Å²) in [7, 11) is 0. The van der Waals surface area contributed by atoms with Crippen LogP contribution in [0.1, 0.15) is 44.9 Å². The highest BCUT2D eigenvalue weighted by atomic mass is 35.5. The first-order valence-corrected chi connectivity index (χ1v) is 5.86. The molecule has 2 rings (SSSR count). The fourth-order valence-electron chi connectivity index (χ4n) is 3.16. The molecular formula is C10H16ClNO2. The summed E-state index contributed by atoms with van der Waals surface area (Å²) in [5, 5.41) is 11.0. The van der Waals surface area contributed by atoms with Gasteiger partial charge in [0.15, 0.2) is 0 Å². The summed E-state index contributed by atoms with van der Waals surface area (Å²) in [5.74, 6) is 0.641. The topological polar surface area (TPSA) is 43.1 Å². The van der Waals surface area contributed by atoms with Gasteiger partial charge in [-0.1, -0.05) is 12.8 Å². The van der Waals surface area contributed by atoms with Crippen LogP contribution >= 0.6 is 11.6 Å². The van der Waals surface area contributed by atoms with Gasteiger partial charge in [0, 0.05) is 17.3 Å². The highest BCUT2D eigenvalue weighted by Gasteiger charge is 2.54. The van der Waals surface area contributed by atoms with Crippen molar-refractivity contribution in [2.75, 3.05) is 0 Å². The van der Waals surface area contributed by atoms with Gasteiger partial charge in [0.05, 0.1) is 0 Å². The average molecular weight is 218 g/mol. The van der Waals surface area contributed by atoms with Gasteiger partial charge in [0.25, 0.3) is 5.00 Å². The Morgan fingerprint density at radius 1 is 1.21 bits per heavy atom. The zero-order chi connectivity index (χ0) is 10.2. The van der Waals surface area contributed by atoms with Crippen molar-refractivity contribution in [3.63, 3.8) is 0 Å². The van der Waals surface area contributed by atoms with E-state index < -0.39 is 5.00 Å². The van der Waals surface area contributed by atoms with Gasteiger partial charge in [-0.3, -0.25) is 10.1 Å². The second-order valence-electron chi connectivity index (χ2n) is 4.62. The molecule has 3 atom stereocenters. The van der Waals surface area contributed by atoms with Crippen molar-refractivity contribution in [1.82, 2.24) is 0 Å². The molecule has 14 heavy (non-hydrogen) atoms. The van der Waals surface area contributed by atoms with Crippen LogP contribution in [0, 0.1) is 22.0 Å². The summed E-state index contributed by atoms with van der Waals surface area (Å²) in [4.78, 5) is 9.63. The summed E-state index contributed by atoms with van der Waals surface area (Å²) in [6.07, 6.45) is 7.07. The number of nitro groups is 1. The molecule has 0 heterocycles. The summed E-state index contributed by atoms with van der Waals surface area (Å²) in [6.45, 7) is 0. The molecule has 0 amide bonds. The molecule has 2 aliphatic rings. The third kappa shape index (κ3) is 1.52. The third-order valence-electron chi connectivity index (χ3n) is 3.88. The fourth-order valence-corrected chi connectivity index (χ4v) is 3.58. The Labute approximate surface area is 89.0 Å². The Morgan fingerprint density at radius 2 is 1.86 bits per heavy atom. The molecule has 4 heteroatoms. The summed E-state index contributed by atoms with van der Waals surface area (Å²) in [5.41, 5.74) is 0. The number of hydrogen-bond acceptors (Lipinski definition) is 2. The zero-order valence-corrected chi connectivity index (χ0v) is 9.00. The normalized spacial score (nSPS) is 42.9. The summed E-state index contributed by atoms with van der Waals surface area (Å²) < 4.78 is 0. The van der Waals surface area contributed by atoms with Gasteiger partial charge < -0.3 is 0 Å². The van der Waals surface area contributed by atoms with Crippen molar-refractivity contribution in [3.05, 3.63) is 10.1 Å². The van der Waals surface area contributed by atoms with Gasteiger partial charge in [0.1, 0.15) is 0 Å². The van der Waals surface area contributed by atoms with Gasteiger partial charge in [0.2, 0.25) is 0 Å². The maximum absolute atomic E-state index is 11.0. The molecule has 0 spiro atoms. The SMILES string of the molecule is O=[N+]([O-])[C@]1(Cl)CCC[C@H]2CCCC[C@@H]21. The Balaban J connectivity index is 2.20. The lowest BCUT2D eigenvalue weighted by atomic mass is 9.68. The molecule has 2 aliphatic carbocycles. The van der Waals surface area contributed by atoms with Gasteiger partial charge >= 0.3 is 0 Å². The van der Waals surface area contributed by atoms with E-state index in [-0.39, 0.29) is 10.8 Å². The molecule has 2 saturated carbocycles. The van der Waals surface area contributed by atoms with Crippen LogP contribution in [0.15, 0.2) is 0 Å². The first-order chi connectivity index (χ1) is 6.64. The minimum atomic E-state index is -1.14. The molecule has 0 saturated heterocycles. The molecule has 2 fully saturated rings. The van der Waals surface area contributed by atoms with E-state index in [1.807, 2.05) is 0 Å². The predicted octanol–water partition coefficient (Wildman–Crippen LogP) is 3.19. The molecular weight excluding hydrogens is 202 g/mol. The zero-order valence-electron chi connectivity index (χ0n) is 8.25.